The number of aryl methyl sites for hydroxylation is 1. The van der Waals surface area contributed by atoms with Crippen molar-refractivity contribution < 1.29 is 13.2 Å². The summed E-state index contributed by atoms with van der Waals surface area (Å²) in [6, 6.07) is 13.7. The van der Waals surface area contributed by atoms with Crippen LogP contribution >= 0.6 is 11.3 Å². The van der Waals surface area contributed by atoms with Crippen LogP contribution in [0, 0.1) is 0 Å². The molecule has 1 amide bonds. The Hall–Kier alpha value is -2.75. The Balaban J connectivity index is 1.32. The van der Waals surface area contributed by atoms with Gasteiger partial charge in [0.2, 0.25) is 0 Å². The summed E-state index contributed by atoms with van der Waals surface area (Å²) >= 11 is 1.51. The molecule has 2 aliphatic rings. The zero-order chi connectivity index (χ0) is 23.0. The monoisotopic (exact) mass is 482 g/mol. The van der Waals surface area contributed by atoms with Crippen LogP contribution in [0.15, 0.2) is 53.4 Å². The predicted octanol–water partition coefficient (Wildman–Crippen LogP) is 3.91. The number of sulfonamides is 1. The minimum Gasteiger partial charge on any atom is -0.298 e. The van der Waals surface area contributed by atoms with Crippen LogP contribution in [0.5, 0.6) is 0 Å². The van der Waals surface area contributed by atoms with Crippen LogP contribution in [0.25, 0.3) is 0 Å². The highest BCUT2D eigenvalue weighted by atomic mass is 32.2. The van der Waals surface area contributed by atoms with Crippen molar-refractivity contribution in [2.45, 2.75) is 37.6 Å². The predicted molar refractivity (Wildman–Crippen MR) is 130 cm³/mol. The zero-order valence-corrected chi connectivity index (χ0v) is 20.1. The Bertz CT molecular complexity index is 1290. The summed E-state index contributed by atoms with van der Waals surface area (Å²) in [6.45, 7) is 5.44. The molecule has 0 aliphatic carbocycles. The number of hydrogen-bond acceptors (Lipinski definition) is 6. The number of aromatic nitrogens is 1. The number of amides is 1. The van der Waals surface area contributed by atoms with Gasteiger partial charge in [0.25, 0.3) is 15.9 Å². The van der Waals surface area contributed by atoms with E-state index < -0.39 is 10.0 Å². The van der Waals surface area contributed by atoms with E-state index in [1.807, 2.05) is 24.3 Å². The molecule has 0 unspecified atom stereocenters. The first kappa shape index (κ1) is 22.1. The highest BCUT2D eigenvalue weighted by Gasteiger charge is 2.29. The Kier molecular flexibility index (Phi) is 5.94. The third-order valence-electron chi connectivity index (χ3n) is 6.25. The van der Waals surface area contributed by atoms with Gasteiger partial charge in [-0.25, -0.2) is 13.4 Å². The minimum atomic E-state index is -3.70. The molecule has 7 nitrogen and oxygen atoms in total. The molecule has 1 N–H and O–H groups in total. The van der Waals surface area contributed by atoms with Crippen molar-refractivity contribution in [3.05, 3.63) is 70.2 Å². The molecule has 0 saturated heterocycles. The average Bonchev–Trinajstić information content (AvgIpc) is 3.25. The van der Waals surface area contributed by atoms with Crippen molar-refractivity contribution in [3.63, 3.8) is 0 Å². The molecule has 0 radical (unpaired) electrons. The van der Waals surface area contributed by atoms with Crippen LogP contribution in [-0.2, 0) is 29.4 Å². The summed E-state index contributed by atoms with van der Waals surface area (Å²) in [6.07, 6.45) is 2.55. The fourth-order valence-corrected chi connectivity index (χ4v) is 6.98. The van der Waals surface area contributed by atoms with Gasteiger partial charge in [-0.1, -0.05) is 25.1 Å². The number of nitrogens with one attached hydrogen (secondary N) is 1. The van der Waals surface area contributed by atoms with Crippen LogP contribution in [0.1, 0.15) is 39.8 Å². The quantitative estimate of drug-likeness (QED) is 0.596. The van der Waals surface area contributed by atoms with Crippen LogP contribution in [0.2, 0.25) is 0 Å². The number of likely N-dealkylation sites (N-methyl/N-ethyl adjacent to an activating group) is 1. The fraction of sp³-hybridized carbons (Fsp3) is 0.333. The fourth-order valence-electron chi connectivity index (χ4n) is 4.40. The van der Waals surface area contributed by atoms with Crippen molar-refractivity contribution in [2.75, 3.05) is 29.3 Å². The van der Waals surface area contributed by atoms with Crippen LogP contribution in [-0.4, -0.2) is 43.8 Å². The van der Waals surface area contributed by atoms with Crippen LogP contribution in [0.4, 0.5) is 10.8 Å². The number of anilines is 2. The number of rotatable bonds is 5. The van der Waals surface area contributed by atoms with Gasteiger partial charge in [0, 0.05) is 36.5 Å². The van der Waals surface area contributed by atoms with E-state index in [0.717, 1.165) is 55.8 Å². The highest BCUT2D eigenvalue weighted by molar-refractivity contribution is 7.92. The van der Waals surface area contributed by atoms with Gasteiger partial charge in [-0.15, -0.1) is 11.3 Å². The lowest BCUT2D eigenvalue weighted by Crippen LogP contribution is -2.35. The summed E-state index contributed by atoms with van der Waals surface area (Å²) in [5.41, 5.74) is 3.23. The van der Waals surface area contributed by atoms with E-state index in [4.69, 9.17) is 0 Å². The van der Waals surface area contributed by atoms with E-state index in [9.17, 15) is 13.2 Å². The lowest BCUT2D eigenvalue weighted by Gasteiger charge is -2.30. The van der Waals surface area contributed by atoms with E-state index >= 15 is 0 Å². The first-order valence-corrected chi connectivity index (χ1v) is 13.4. The topological polar surface area (TPSA) is 82.6 Å². The normalized spacial score (nSPS) is 16.2. The molecule has 2 aromatic carbocycles. The number of para-hydroxylation sites is 1. The molecule has 33 heavy (non-hydrogen) atoms. The molecule has 0 spiro atoms. The van der Waals surface area contributed by atoms with Gasteiger partial charge in [-0.05, 0) is 55.3 Å². The summed E-state index contributed by atoms with van der Waals surface area (Å²) in [5.74, 6) is -0.291. The van der Waals surface area contributed by atoms with E-state index in [-0.39, 0.29) is 10.8 Å². The molecular formula is C24H26N4O3S2. The largest absolute Gasteiger partial charge is 0.298 e. The van der Waals surface area contributed by atoms with E-state index in [1.54, 1.807) is 12.1 Å². The smallest absolute Gasteiger partial charge is 0.264 e. The summed E-state index contributed by atoms with van der Waals surface area (Å²) in [7, 11) is -3.70. The maximum absolute atomic E-state index is 13.3. The number of carbonyl (C=O) groups is 1. The van der Waals surface area contributed by atoms with Crippen molar-refractivity contribution >= 4 is 38.1 Å². The third kappa shape index (κ3) is 4.28. The van der Waals surface area contributed by atoms with Crippen molar-refractivity contribution in [3.8, 4) is 0 Å². The molecule has 5 rings (SSSR count). The van der Waals surface area contributed by atoms with Gasteiger partial charge in [0.05, 0.1) is 16.3 Å². The van der Waals surface area contributed by atoms with Gasteiger partial charge in [-0.2, -0.15) is 0 Å². The molecule has 0 fully saturated rings. The molecule has 0 bridgehead atoms. The SMILES string of the molecule is CCN1CCc2nc(NC(=O)c3ccc(S(=O)(=O)N4CCCc5ccccc54)cc3)sc2C1. The molecule has 3 aromatic rings. The summed E-state index contributed by atoms with van der Waals surface area (Å²) in [5, 5.41) is 3.46. The van der Waals surface area contributed by atoms with Gasteiger partial charge in [0.1, 0.15) is 0 Å². The number of thiazole rings is 1. The lowest BCUT2D eigenvalue weighted by atomic mass is 10.0. The number of hydrogen-bond donors (Lipinski definition) is 1. The summed E-state index contributed by atoms with van der Waals surface area (Å²) < 4.78 is 28.1. The Labute approximate surface area is 198 Å². The Morgan fingerprint density at radius 3 is 2.67 bits per heavy atom. The molecule has 1 aromatic heterocycles. The number of fused-ring (bicyclic) bond motifs is 2. The first-order valence-electron chi connectivity index (χ1n) is 11.2. The van der Waals surface area contributed by atoms with Gasteiger partial charge >= 0.3 is 0 Å². The lowest BCUT2D eigenvalue weighted by molar-refractivity contribution is 0.102. The van der Waals surface area contributed by atoms with Gasteiger partial charge in [-0.3, -0.25) is 19.3 Å². The van der Waals surface area contributed by atoms with E-state index in [2.05, 4.69) is 22.1 Å². The molecule has 9 heteroatoms. The van der Waals surface area contributed by atoms with Crippen molar-refractivity contribution in [1.29, 1.82) is 0 Å². The van der Waals surface area contributed by atoms with Crippen LogP contribution in [0.3, 0.4) is 0 Å². The number of nitrogens with zero attached hydrogens (tertiary/aromatic N) is 3. The standard InChI is InChI=1S/C24H26N4O3S2/c1-2-27-15-13-20-22(16-27)32-24(25-20)26-23(29)18-9-11-19(12-10-18)33(30,31)28-14-5-7-17-6-3-4-8-21(17)28/h3-4,6,8-12H,2,5,7,13-16H2,1H3,(H,25,26,29). The second-order valence-corrected chi connectivity index (χ2v) is 11.2. The Morgan fingerprint density at radius 2 is 1.88 bits per heavy atom. The maximum Gasteiger partial charge on any atom is 0.264 e. The zero-order valence-electron chi connectivity index (χ0n) is 18.5. The second kappa shape index (κ2) is 8.89. The molecule has 172 valence electrons. The minimum absolute atomic E-state index is 0.181. The summed E-state index contributed by atoms with van der Waals surface area (Å²) in [4.78, 5) is 21.1. The number of benzene rings is 2. The molecular weight excluding hydrogens is 456 g/mol. The third-order valence-corrected chi connectivity index (χ3v) is 9.08. The molecule has 0 saturated carbocycles. The average molecular weight is 483 g/mol. The second-order valence-electron chi connectivity index (χ2n) is 8.30. The molecule has 3 heterocycles. The van der Waals surface area contributed by atoms with Crippen molar-refractivity contribution in [1.82, 2.24) is 9.88 Å². The maximum atomic E-state index is 13.3. The van der Waals surface area contributed by atoms with E-state index in [0.29, 0.717) is 17.2 Å². The first-order chi connectivity index (χ1) is 16.0. The van der Waals surface area contributed by atoms with E-state index in [1.165, 1.54) is 32.7 Å². The molecule has 2 aliphatic heterocycles. The molecule has 0 atom stereocenters. The van der Waals surface area contributed by atoms with Crippen LogP contribution < -0.4 is 9.62 Å². The number of carbonyl (C=O) groups excluding carboxylic acids is 1. The van der Waals surface area contributed by atoms with Crippen molar-refractivity contribution in [2.24, 2.45) is 0 Å². The highest BCUT2D eigenvalue weighted by Crippen LogP contribution is 2.32. The Morgan fingerprint density at radius 1 is 1.09 bits per heavy atom. The van der Waals surface area contributed by atoms with Gasteiger partial charge in [0.15, 0.2) is 5.13 Å². The van der Waals surface area contributed by atoms with Gasteiger partial charge < -0.3 is 0 Å².